The summed E-state index contributed by atoms with van der Waals surface area (Å²) >= 11 is 14.1. The Bertz CT molecular complexity index is 1920. The Morgan fingerprint density at radius 3 is 2.47 bits per heavy atom. The zero-order valence-electron chi connectivity index (χ0n) is 28.8. The van der Waals surface area contributed by atoms with Crippen LogP contribution >= 0.6 is 23.2 Å². The Morgan fingerprint density at radius 1 is 1.00 bits per heavy atom. The fourth-order valence-corrected chi connectivity index (χ4v) is 7.33. The van der Waals surface area contributed by atoms with Crippen molar-refractivity contribution in [1.29, 1.82) is 0 Å². The third kappa shape index (κ3) is 8.28. The highest BCUT2D eigenvalue weighted by molar-refractivity contribution is 6.39. The van der Waals surface area contributed by atoms with Crippen molar-refractivity contribution in [3.05, 3.63) is 81.7 Å². The zero-order valence-corrected chi connectivity index (χ0v) is 30.3. The molecular weight excluding hydrogens is 694 g/mol. The van der Waals surface area contributed by atoms with Gasteiger partial charge in [0.25, 0.3) is 0 Å². The Morgan fingerprint density at radius 2 is 1.76 bits per heavy atom. The maximum atomic E-state index is 15.7. The Kier molecular flexibility index (Phi) is 11.7. The Hall–Kier alpha value is -4.29. The summed E-state index contributed by atoms with van der Waals surface area (Å²) in [6.45, 7) is 4.39. The number of piperidine rings is 1. The number of nitrogens with one attached hydrogen (secondary N) is 3. The fraction of sp³-hybridized carbons (Fsp3) is 0.368. The lowest BCUT2D eigenvalue weighted by Crippen LogP contribution is -2.44. The van der Waals surface area contributed by atoms with Crippen LogP contribution in [0.2, 0.25) is 10.0 Å². The second kappa shape index (κ2) is 16.4. The van der Waals surface area contributed by atoms with Crippen molar-refractivity contribution >= 4 is 35.0 Å². The summed E-state index contributed by atoms with van der Waals surface area (Å²) in [4.78, 5) is 34.3. The van der Waals surface area contributed by atoms with Gasteiger partial charge >= 0.3 is 0 Å². The van der Waals surface area contributed by atoms with Gasteiger partial charge in [-0.05, 0) is 43.5 Å². The molecule has 13 heteroatoms. The average Bonchev–Trinajstić information content (AvgIpc) is 3.56. The number of pyridine rings is 2. The van der Waals surface area contributed by atoms with E-state index in [0.29, 0.717) is 93.5 Å². The van der Waals surface area contributed by atoms with E-state index in [1.165, 1.54) is 13.2 Å². The second-order valence-corrected chi connectivity index (χ2v) is 13.5. The van der Waals surface area contributed by atoms with Crippen molar-refractivity contribution in [2.75, 3.05) is 33.9 Å². The summed E-state index contributed by atoms with van der Waals surface area (Å²) in [5.74, 6) is 0.565. The van der Waals surface area contributed by atoms with Crippen LogP contribution in [0.4, 0.5) is 4.39 Å². The average molecular weight is 736 g/mol. The number of benzene rings is 2. The lowest BCUT2D eigenvalue weighted by molar-refractivity contribution is -0.130. The van der Waals surface area contributed by atoms with Gasteiger partial charge in [0.05, 0.1) is 35.7 Å². The third-order valence-electron chi connectivity index (χ3n) is 9.53. The van der Waals surface area contributed by atoms with Gasteiger partial charge in [0.1, 0.15) is 11.6 Å². The van der Waals surface area contributed by atoms with Crippen molar-refractivity contribution in [2.24, 2.45) is 0 Å². The first kappa shape index (κ1) is 36.5. The molecule has 4 heterocycles. The number of likely N-dealkylation sites (tertiary alicyclic amines) is 1. The van der Waals surface area contributed by atoms with Gasteiger partial charge in [0.2, 0.25) is 17.7 Å². The summed E-state index contributed by atoms with van der Waals surface area (Å²) in [7, 11) is 3.08. The lowest BCUT2D eigenvalue weighted by atomic mass is 9.98. The monoisotopic (exact) mass is 734 g/mol. The van der Waals surface area contributed by atoms with E-state index >= 15 is 4.39 Å². The number of methoxy groups -OCH3 is 2. The van der Waals surface area contributed by atoms with E-state index in [9.17, 15) is 9.59 Å². The van der Waals surface area contributed by atoms with E-state index in [2.05, 4.69) is 20.9 Å². The summed E-state index contributed by atoms with van der Waals surface area (Å²) < 4.78 is 27.0. The van der Waals surface area contributed by atoms with Gasteiger partial charge in [-0.3, -0.25) is 14.6 Å². The fourth-order valence-electron chi connectivity index (χ4n) is 6.68. The highest BCUT2D eigenvalue weighted by Gasteiger charge is 2.24. The number of carbonyl (C=O) groups excluding carboxylic acids is 2. The highest BCUT2D eigenvalue weighted by Crippen LogP contribution is 2.42. The SMILES string of the molecule is COc1cc(-c2nccc(-c3cccc(-c4ccc(CNC[C@H]5CCC(=O)N5)c(OC)n4)c3Cl)c2Cl)cc(F)c1CNC1CCN(C(C)=O)CC1. The van der Waals surface area contributed by atoms with Gasteiger partial charge in [-0.25, -0.2) is 9.37 Å². The molecule has 2 aliphatic rings. The summed E-state index contributed by atoms with van der Waals surface area (Å²) in [5.41, 5.74) is 4.73. The molecule has 2 fully saturated rings. The Balaban J connectivity index is 1.21. The van der Waals surface area contributed by atoms with E-state index in [0.717, 1.165) is 24.8 Å². The molecular formula is C38H41Cl2FN6O4. The smallest absolute Gasteiger partial charge is 0.220 e. The summed E-state index contributed by atoms with van der Waals surface area (Å²) in [6, 6.07) is 14.7. The van der Waals surface area contributed by atoms with Gasteiger partial charge in [-0.1, -0.05) is 47.5 Å². The molecule has 1 atom stereocenters. The molecule has 6 rings (SSSR count). The number of halogens is 3. The number of nitrogens with zero attached hydrogens (tertiary/aromatic N) is 3. The first-order valence-electron chi connectivity index (χ1n) is 17.0. The van der Waals surface area contributed by atoms with Crippen molar-refractivity contribution in [1.82, 2.24) is 30.8 Å². The van der Waals surface area contributed by atoms with Gasteiger partial charge in [0.15, 0.2) is 0 Å². The van der Waals surface area contributed by atoms with E-state index < -0.39 is 5.82 Å². The largest absolute Gasteiger partial charge is 0.496 e. The van der Waals surface area contributed by atoms with Crippen LogP contribution in [0.15, 0.2) is 54.7 Å². The number of hydrogen-bond acceptors (Lipinski definition) is 8. The number of carbonyl (C=O) groups is 2. The predicted molar refractivity (Wildman–Crippen MR) is 196 cm³/mol. The van der Waals surface area contributed by atoms with Crippen LogP contribution in [0.5, 0.6) is 11.6 Å². The molecule has 2 aromatic heterocycles. The Labute approximate surface area is 307 Å². The number of aromatic nitrogens is 2. The third-order valence-corrected chi connectivity index (χ3v) is 10.3. The predicted octanol–water partition coefficient (Wildman–Crippen LogP) is 6.41. The minimum absolute atomic E-state index is 0.0733. The molecule has 0 spiro atoms. The van der Waals surface area contributed by atoms with E-state index in [1.54, 1.807) is 32.4 Å². The molecule has 2 saturated heterocycles. The van der Waals surface area contributed by atoms with Gasteiger partial charge in [-0.15, -0.1) is 0 Å². The van der Waals surface area contributed by atoms with Gasteiger partial charge in [0, 0.05) is 97.7 Å². The second-order valence-electron chi connectivity index (χ2n) is 12.8. The van der Waals surface area contributed by atoms with Crippen LogP contribution in [0, 0.1) is 5.82 Å². The normalized spacial score (nSPS) is 16.3. The van der Waals surface area contributed by atoms with Crippen molar-refractivity contribution < 1.29 is 23.5 Å². The van der Waals surface area contributed by atoms with Crippen LogP contribution in [-0.2, 0) is 22.7 Å². The molecule has 2 aromatic carbocycles. The number of hydrogen-bond donors (Lipinski definition) is 3. The molecule has 0 unspecified atom stereocenters. The first-order valence-corrected chi connectivity index (χ1v) is 17.8. The van der Waals surface area contributed by atoms with Gasteiger partial charge in [-0.2, -0.15) is 0 Å². The lowest BCUT2D eigenvalue weighted by Gasteiger charge is -2.32. The molecule has 0 saturated carbocycles. The van der Waals surface area contributed by atoms with Crippen LogP contribution in [0.25, 0.3) is 33.6 Å². The van der Waals surface area contributed by atoms with Gasteiger partial charge < -0.3 is 30.3 Å². The molecule has 268 valence electrons. The number of ether oxygens (including phenoxy) is 2. The molecule has 10 nitrogen and oxygen atoms in total. The summed E-state index contributed by atoms with van der Waals surface area (Å²) in [6.07, 6.45) is 4.59. The molecule has 0 radical (unpaired) electrons. The van der Waals surface area contributed by atoms with Crippen LogP contribution in [0.1, 0.15) is 43.7 Å². The van der Waals surface area contributed by atoms with Crippen molar-refractivity contribution in [3.63, 3.8) is 0 Å². The maximum Gasteiger partial charge on any atom is 0.220 e. The van der Waals surface area contributed by atoms with Crippen molar-refractivity contribution in [2.45, 2.75) is 57.8 Å². The molecule has 4 aromatic rings. The minimum atomic E-state index is -0.440. The number of amides is 2. The minimum Gasteiger partial charge on any atom is -0.496 e. The van der Waals surface area contributed by atoms with Crippen LogP contribution in [0.3, 0.4) is 0 Å². The standard InChI is InChI=1S/C38H41Cl2FN6O4/c1-22(48)47-15-12-25(13-16-47)44-21-30-31(41)17-24(18-33(30)50-2)37-36(40)28(11-14-43-37)27-5-4-6-29(35(27)39)32-9-7-23(38(46-32)51-3)19-42-20-26-8-10-34(49)45-26/h4-7,9,11,14,17-18,25-26,42,44H,8,10,12-13,15-16,19-21H2,1-3H3,(H,45,49)/t26-/m1/s1. The molecule has 2 amide bonds. The topological polar surface area (TPSA) is 118 Å². The zero-order chi connectivity index (χ0) is 36.1. The molecule has 51 heavy (non-hydrogen) atoms. The first-order chi connectivity index (χ1) is 24.7. The van der Waals surface area contributed by atoms with Crippen LogP contribution < -0.4 is 25.4 Å². The quantitative estimate of drug-likeness (QED) is 0.153. The van der Waals surface area contributed by atoms with Crippen LogP contribution in [-0.4, -0.2) is 72.6 Å². The highest BCUT2D eigenvalue weighted by atomic mass is 35.5. The summed E-state index contributed by atoms with van der Waals surface area (Å²) in [5, 5.41) is 10.5. The molecule has 0 bridgehead atoms. The molecule has 3 N–H and O–H groups in total. The van der Waals surface area contributed by atoms with E-state index in [1.807, 2.05) is 35.2 Å². The van der Waals surface area contributed by atoms with E-state index in [-0.39, 0.29) is 30.4 Å². The van der Waals surface area contributed by atoms with E-state index in [4.69, 9.17) is 37.7 Å². The van der Waals surface area contributed by atoms with Crippen molar-refractivity contribution in [3.8, 4) is 45.3 Å². The number of rotatable bonds is 12. The molecule has 0 aliphatic carbocycles. The molecule has 2 aliphatic heterocycles. The maximum absolute atomic E-state index is 15.7.